The fourth-order valence-corrected chi connectivity index (χ4v) is 1.81. The van der Waals surface area contributed by atoms with Gasteiger partial charge in [-0.15, -0.1) is 5.11 Å². The molecule has 128 valence electrons. The normalized spacial score (nSPS) is 11.0. The number of benzene rings is 2. The number of carbonyl (C=O) groups is 1. The lowest BCUT2D eigenvalue weighted by molar-refractivity contribution is -0.385. The highest BCUT2D eigenvalue weighted by Crippen LogP contribution is 2.15. The Labute approximate surface area is 143 Å². The fraction of sp³-hybridized carbons (Fsp3) is 0.125. The molecular formula is C16H16N6O3. The quantitative estimate of drug-likeness (QED) is 0.377. The van der Waals surface area contributed by atoms with E-state index < -0.39 is 10.8 Å². The summed E-state index contributed by atoms with van der Waals surface area (Å²) in [5, 5.41) is 24.0. The lowest BCUT2D eigenvalue weighted by Gasteiger charge is -2.02. The van der Waals surface area contributed by atoms with Gasteiger partial charge in [-0.2, -0.15) is 5.10 Å². The number of nitrogens with zero attached hydrogens (tertiary/aromatic N) is 5. The minimum absolute atomic E-state index is 0.0869. The maximum atomic E-state index is 12.0. The minimum Gasteiger partial charge on any atom is -0.285 e. The molecule has 9 nitrogen and oxygen atoms in total. The Hall–Kier alpha value is -3.62. The molecule has 25 heavy (non-hydrogen) atoms. The Bertz CT molecular complexity index is 815. The summed E-state index contributed by atoms with van der Waals surface area (Å²) in [6.07, 6.45) is 1.23. The van der Waals surface area contributed by atoms with Crippen LogP contribution in [0.4, 0.5) is 11.4 Å². The Kier molecular flexibility index (Phi) is 5.88. The summed E-state index contributed by atoms with van der Waals surface area (Å²) >= 11 is 0. The molecule has 0 spiro atoms. The minimum atomic E-state index is -0.510. The van der Waals surface area contributed by atoms with Crippen molar-refractivity contribution in [2.45, 2.75) is 0 Å². The standard InChI is InChI=1S/C16H16N6O3/c1-21(2)20-18-14-9-7-12(8-10-14)16(23)19-17-11-13-5-3-4-6-15(13)22(24)25/h3-11H,1-2H3,(H,19,23)/b17-11-,20-18?. The van der Waals surface area contributed by atoms with Gasteiger partial charge in [0, 0.05) is 25.7 Å². The maximum absolute atomic E-state index is 12.0. The van der Waals surface area contributed by atoms with Crippen LogP contribution >= 0.6 is 0 Å². The van der Waals surface area contributed by atoms with E-state index in [1.165, 1.54) is 12.3 Å². The molecule has 9 heteroatoms. The van der Waals surface area contributed by atoms with E-state index >= 15 is 0 Å². The summed E-state index contributed by atoms with van der Waals surface area (Å²) in [6.45, 7) is 0. The number of nitrogens with one attached hydrogen (secondary N) is 1. The molecule has 0 atom stereocenters. The zero-order chi connectivity index (χ0) is 18.2. The van der Waals surface area contributed by atoms with Gasteiger partial charge in [-0.25, -0.2) is 5.43 Å². The van der Waals surface area contributed by atoms with E-state index in [-0.39, 0.29) is 5.69 Å². The molecule has 0 aliphatic rings. The van der Waals surface area contributed by atoms with Crippen molar-refractivity contribution in [3.8, 4) is 0 Å². The van der Waals surface area contributed by atoms with Gasteiger partial charge in [0.15, 0.2) is 0 Å². The number of nitro groups is 1. The lowest BCUT2D eigenvalue weighted by atomic mass is 10.2. The first-order chi connectivity index (χ1) is 12.0. The predicted octanol–water partition coefficient (Wildman–Crippen LogP) is 2.92. The summed E-state index contributed by atoms with van der Waals surface area (Å²) < 4.78 is 0. The third-order valence-corrected chi connectivity index (χ3v) is 2.97. The highest BCUT2D eigenvalue weighted by molar-refractivity contribution is 5.95. The van der Waals surface area contributed by atoms with Crippen LogP contribution in [-0.4, -0.2) is 36.1 Å². The van der Waals surface area contributed by atoms with Crippen molar-refractivity contribution in [2.24, 2.45) is 15.4 Å². The SMILES string of the molecule is CN(C)N=Nc1ccc(C(=O)N/N=C\c2ccccc2[N+](=O)[O-])cc1. The number of rotatable bonds is 6. The molecule has 1 amide bonds. The second kappa shape index (κ2) is 8.29. The number of hydrazone groups is 1. The first-order valence-electron chi connectivity index (χ1n) is 7.23. The number of hydrogen-bond acceptors (Lipinski definition) is 6. The molecule has 1 N–H and O–H groups in total. The van der Waals surface area contributed by atoms with E-state index in [4.69, 9.17) is 0 Å². The lowest BCUT2D eigenvalue weighted by Crippen LogP contribution is -2.17. The van der Waals surface area contributed by atoms with Gasteiger partial charge in [-0.3, -0.25) is 19.9 Å². The predicted molar refractivity (Wildman–Crippen MR) is 92.8 cm³/mol. The maximum Gasteiger partial charge on any atom is 0.278 e. The van der Waals surface area contributed by atoms with Crippen molar-refractivity contribution in [2.75, 3.05) is 14.1 Å². The van der Waals surface area contributed by atoms with Gasteiger partial charge in [-0.1, -0.05) is 17.4 Å². The Morgan fingerprint density at radius 2 is 1.84 bits per heavy atom. The monoisotopic (exact) mass is 340 g/mol. The van der Waals surface area contributed by atoms with Crippen LogP contribution in [0.1, 0.15) is 15.9 Å². The molecule has 0 aliphatic heterocycles. The summed E-state index contributed by atoms with van der Waals surface area (Å²) in [5.74, 6) is -0.439. The molecule has 2 aromatic carbocycles. The van der Waals surface area contributed by atoms with Crippen LogP contribution < -0.4 is 5.43 Å². The van der Waals surface area contributed by atoms with Crippen molar-refractivity contribution in [3.05, 3.63) is 69.8 Å². The van der Waals surface area contributed by atoms with E-state index in [9.17, 15) is 14.9 Å². The third kappa shape index (κ3) is 5.20. The van der Waals surface area contributed by atoms with E-state index in [0.29, 0.717) is 16.8 Å². The van der Waals surface area contributed by atoms with Crippen molar-refractivity contribution in [1.29, 1.82) is 0 Å². The number of carbonyl (C=O) groups excluding carboxylic acids is 1. The molecule has 0 radical (unpaired) electrons. The first-order valence-corrected chi connectivity index (χ1v) is 7.23. The molecule has 0 saturated heterocycles. The van der Waals surface area contributed by atoms with Gasteiger partial charge in [-0.05, 0) is 30.3 Å². The Balaban J connectivity index is 2.02. The van der Waals surface area contributed by atoms with Gasteiger partial charge >= 0.3 is 0 Å². The molecule has 0 saturated carbocycles. The molecular weight excluding hydrogens is 324 g/mol. The second-order valence-electron chi connectivity index (χ2n) is 5.10. The topological polar surface area (TPSA) is 113 Å². The largest absolute Gasteiger partial charge is 0.285 e. The van der Waals surface area contributed by atoms with Crippen LogP contribution in [0.25, 0.3) is 0 Å². The van der Waals surface area contributed by atoms with Crippen LogP contribution in [0.15, 0.2) is 64.0 Å². The first kappa shape index (κ1) is 17.7. The molecule has 0 heterocycles. The van der Waals surface area contributed by atoms with Crippen molar-refractivity contribution in [3.63, 3.8) is 0 Å². The molecule has 2 aromatic rings. The highest BCUT2D eigenvalue weighted by Gasteiger charge is 2.10. The Morgan fingerprint density at radius 3 is 2.48 bits per heavy atom. The number of hydrogen-bond donors (Lipinski definition) is 1. The van der Waals surface area contributed by atoms with E-state index in [1.54, 1.807) is 61.6 Å². The number of para-hydroxylation sites is 1. The molecule has 2 rings (SSSR count). The van der Waals surface area contributed by atoms with Crippen LogP contribution in [0.2, 0.25) is 0 Å². The smallest absolute Gasteiger partial charge is 0.278 e. The van der Waals surface area contributed by atoms with Gasteiger partial charge in [0.1, 0.15) is 0 Å². The molecule has 0 unspecified atom stereocenters. The summed E-state index contributed by atoms with van der Waals surface area (Å²) in [4.78, 5) is 22.4. The van der Waals surface area contributed by atoms with Crippen LogP contribution in [0, 0.1) is 10.1 Å². The van der Waals surface area contributed by atoms with Crippen LogP contribution in [0.3, 0.4) is 0 Å². The molecule has 0 aliphatic carbocycles. The summed E-state index contributed by atoms with van der Waals surface area (Å²) in [7, 11) is 3.50. The molecule has 0 fully saturated rings. The zero-order valence-electron chi connectivity index (χ0n) is 13.7. The average molecular weight is 340 g/mol. The van der Waals surface area contributed by atoms with Crippen LogP contribution in [-0.2, 0) is 0 Å². The van der Waals surface area contributed by atoms with Crippen molar-refractivity contribution in [1.82, 2.24) is 10.4 Å². The number of amides is 1. The van der Waals surface area contributed by atoms with Gasteiger partial charge in [0.25, 0.3) is 11.6 Å². The number of nitro benzene ring substituents is 1. The Morgan fingerprint density at radius 1 is 1.16 bits per heavy atom. The van der Waals surface area contributed by atoms with E-state index in [2.05, 4.69) is 20.9 Å². The molecule has 0 bridgehead atoms. The fourth-order valence-electron chi connectivity index (χ4n) is 1.81. The zero-order valence-corrected chi connectivity index (χ0v) is 13.7. The van der Waals surface area contributed by atoms with E-state index in [1.807, 2.05) is 0 Å². The van der Waals surface area contributed by atoms with E-state index in [0.717, 1.165) is 0 Å². The van der Waals surface area contributed by atoms with Crippen molar-refractivity contribution >= 4 is 23.5 Å². The molecule has 0 aromatic heterocycles. The van der Waals surface area contributed by atoms with Gasteiger partial charge in [0.05, 0.1) is 22.4 Å². The summed E-state index contributed by atoms with van der Waals surface area (Å²) in [5.41, 5.74) is 3.52. The second-order valence-corrected chi connectivity index (χ2v) is 5.10. The average Bonchev–Trinajstić information content (AvgIpc) is 2.60. The van der Waals surface area contributed by atoms with Crippen molar-refractivity contribution < 1.29 is 9.72 Å². The van der Waals surface area contributed by atoms with Gasteiger partial charge < -0.3 is 0 Å². The van der Waals surface area contributed by atoms with Crippen LogP contribution in [0.5, 0.6) is 0 Å². The van der Waals surface area contributed by atoms with Gasteiger partial charge in [0.2, 0.25) is 0 Å². The third-order valence-electron chi connectivity index (χ3n) is 2.97. The summed E-state index contributed by atoms with van der Waals surface area (Å²) in [6, 6.07) is 12.6. The highest BCUT2D eigenvalue weighted by atomic mass is 16.6.